The minimum atomic E-state index is -4.38. The molecule has 0 saturated heterocycles. The Labute approximate surface area is 97.2 Å². The second-order valence-electron chi connectivity index (χ2n) is 4.02. The fourth-order valence-electron chi connectivity index (χ4n) is 1.19. The number of halogens is 3. The van der Waals surface area contributed by atoms with Gasteiger partial charge in [-0.3, -0.25) is 0 Å². The molecule has 1 atom stereocenters. The summed E-state index contributed by atoms with van der Waals surface area (Å²) < 4.78 is 40.0. The molecule has 0 radical (unpaired) electrons. The monoisotopic (exact) mass is 249 g/mol. The van der Waals surface area contributed by atoms with Gasteiger partial charge in [-0.1, -0.05) is 13.8 Å². The maximum atomic E-state index is 11.9. The van der Waals surface area contributed by atoms with Gasteiger partial charge in [-0.2, -0.15) is 13.2 Å². The predicted molar refractivity (Wildman–Crippen MR) is 55.6 cm³/mol. The third kappa shape index (κ3) is 4.60. The van der Waals surface area contributed by atoms with Crippen LogP contribution in [-0.2, 0) is 0 Å². The summed E-state index contributed by atoms with van der Waals surface area (Å²) in [6.07, 6.45) is -3.74. The SMILES string of the molecule is CC(C)[C@H](O)c1ccc(OCC(F)(F)F)nc1. The van der Waals surface area contributed by atoms with Gasteiger partial charge in [0.25, 0.3) is 0 Å². The lowest BCUT2D eigenvalue weighted by atomic mass is 10.0. The zero-order valence-electron chi connectivity index (χ0n) is 9.53. The second kappa shape index (κ2) is 5.35. The molecule has 96 valence electrons. The number of alkyl halides is 3. The van der Waals surface area contributed by atoms with Crippen molar-refractivity contribution >= 4 is 0 Å². The Morgan fingerprint density at radius 3 is 2.41 bits per heavy atom. The highest BCUT2D eigenvalue weighted by molar-refractivity contribution is 5.20. The molecule has 0 amide bonds. The van der Waals surface area contributed by atoms with E-state index >= 15 is 0 Å². The van der Waals surface area contributed by atoms with Crippen LogP contribution in [0.4, 0.5) is 13.2 Å². The fourth-order valence-corrected chi connectivity index (χ4v) is 1.19. The van der Waals surface area contributed by atoms with Crippen molar-refractivity contribution in [1.82, 2.24) is 4.98 Å². The van der Waals surface area contributed by atoms with Crippen LogP contribution in [0.3, 0.4) is 0 Å². The Morgan fingerprint density at radius 2 is 2.00 bits per heavy atom. The fraction of sp³-hybridized carbons (Fsp3) is 0.545. The summed E-state index contributed by atoms with van der Waals surface area (Å²) in [5.41, 5.74) is 0.555. The first-order valence-corrected chi connectivity index (χ1v) is 5.13. The average Bonchev–Trinajstić information content (AvgIpc) is 2.25. The van der Waals surface area contributed by atoms with Crippen LogP contribution < -0.4 is 4.74 Å². The molecule has 0 aliphatic heterocycles. The number of rotatable bonds is 4. The first-order chi connectivity index (χ1) is 7.79. The normalized spacial score (nSPS) is 13.8. The number of ether oxygens (including phenoxy) is 1. The molecule has 3 nitrogen and oxygen atoms in total. The van der Waals surface area contributed by atoms with Crippen molar-refractivity contribution in [2.75, 3.05) is 6.61 Å². The van der Waals surface area contributed by atoms with Crippen LogP contribution in [0.1, 0.15) is 25.5 Å². The molecule has 6 heteroatoms. The van der Waals surface area contributed by atoms with Crippen LogP contribution >= 0.6 is 0 Å². The number of nitrogens with zero attached hydrogens (tertiary/aromatic N) is 1. The van der Waals surface area contributed by atoms with E-state index in [-0.39, 0.29) is 11.8 Å². The van der Waals surface area contributed by atoms with E-state index < -0.39 is 18.9 Å². The molecular weight excluding hydrogens is 235 g/mol. The van der Waals surface area contributed by atoms with E-state index in [2.05, 4.69) is 9.72 Å². The summed E-state index contributed by atoms with van der Waals surface area (Å²) in [7, 11) is 0. The van der Waals surface area contributed by atoms with Gasteiger partial charge >= 0.3 is 6.18 Å². The molecule has 0 spiro atoms. The van der Waals surface area contributed by atoms with Crippen molar-refractivity contribution < 1.29 is 23.0 Å². The largest absolute Gasteiger partial charge is 0.468 e. The lowest BCUT2D eigenvalue weighted by Gasteiger charge is -2.14. The lowest BCUT2D eigenvalue weighted by Crippen LogP contribution is -2.19. The van der Waals surface area contributed by atoms with Gasteiger partial charge in [0.2, 0.25) is 5.88 Å². The van der Waals surface area contributed by atoms with Crippen molar-refractivity contribution in [1.29, 1.82) is 0 Å². The third-order valence-corrected chi connectivity index (χ3v) is 2.12. The summed E-state index contributed by atoms with van der Waals surface area (Å²) in [6, 6.07) is 2.82. The highest BCUT2D eigenvalue weighted by atomic mass is 19.4. The van der Waals surface area contributed by atoms with E-state index in [0.29, 0.717) is 5.56 Å². The molecule has 1 aromatic heterocycles. The molecular formula is C11H14F3NO2. The van der Waals surface area contributed by atoms with E-state index in [1.807, 2.05) is 13.8 Å². The van der Waals surface area contributed by atoms with E-state index in [4.69, 9.17) is 0 Å². The van der Waals surface area contributed by atoms with Gasteiger partial charge in [0.1, 0.15) is 0 Å². The highest BCUT2D eigenvalue weighted by Crippen LogP contribution is 2.22. The van der Waals surface area contributed by atoms with Crippen LogP contribution in [0.15, 0.2) is 18.3 Å². The minimum absolute atomic E-state index is 0.0127. The maximum Gasteiger partial charge on any atom is 0.422 e. The lowest BCUT2D eigenvalue weighted by molar-refractivity contribution is -0.154. The van der Waals surface area contributed by atoms with Crippen molar-refractivity contribution in [3.8, 4) is 5.88 Å². The van der Waals surface area contributed by atoms with Crippen molar-refractivity contribution in [3.05, 3.63) is 23.9 Å². The van der Waals surface area contributed by atoms with Gasteiger partial charge in [0.05, 0.1) is 6.10 Å². The summed E-state index contributed by atoms with van der Waals surface area (Å²) in [4.78, 5) is 3.70. The van der Waals surface area contributed by atoms with Crippen LogP contribution in [0.25, 0.3) is 0 Å². The van der Waals surface area contributed by atoms with E-state index in [1.54, 1.807) is 0 Å². The highest BCUT2D eigenvalue weighted by Gasteiger charge is 2.28. The molecule has 1 N–H and O–H groups in total. The summed E-state index contributed by atoms with van der Waals surface area (Å²) in [6.45, 7) is 2.30. The number of aliphatic hydroxyl groups excluding tert-OH is 1. The number of pyridine rings is 1. The van der Waals surface area contributed by atoms with Gasteiger partial charge in [-0.25, -0.2) is 4.98 Å². The number of hydrogen-bond donors (Lipinski definition) is 1. The second-order valence-corrected chi connectivity index (χ2v) is 4.02. The van der Waals surface area contributed by atoms with Crippen LogP contribution in [-0.4, -0.2) is 22.9 Å². The van der Waals surface area contributed by atoms with Gasteiger partial charge in [0.15, 0.2) is 6.61 Å². The predicted octanol–water partition coefficient (Wildman–Crippen LogP) is 2.71. The molecule has 0 unspecified atom stereocenters. The Morgan fingerprint density at radius 1 is 1.35 bits per heavy atom. The molecule has 0 aliphatic carbocycles. The van der Waals surface area contributed by atoms with Crippen molar-refractivity contribution in [2.45, 2.75) is 26.1 Å². The molecule has 0 fully saturated rings. The van der Waals surface area contributed by atoms with E-state index in [1.165, 1.54) is 18.3 Å². The van der Waals surface area contributed by atoms with Crippen molar-refractivity contribution in [2.24, 2.45) is 5.92 Å². The van der Waals surface area contributed by atoms with E-state index in [9.17, 15) is 18.3 Å². The summed E-state index contributed by atoms with van der Waals surface area (Å²) in [5.74, 6) is -0.0965. The Hall–Kier alpha value is -1.30. The molecule has 0 aliphatic rings. The van der Waals surface area contributed by atoms with Crippen molar-refractivity contribution in [3.63, 3.8) is 0 Å². The first-order valence-electron chi connectivity index (χ1n) is 5.13. The topological polar surface area (TPSA) is 42.4 Å². The average molecular weight is 249 g/mol. The van der Waals surface area contributed by atoms with Gasteiger partial charge in [0, 0.05) is 12.3 Å². The Balaban J connectivity index is 2.62. The standard InChI is InChI=1S/C11H14F3NO2/c1-7(2)10(16)8-3-4-9(15-5-8)17-6-11(12,13)14/h3-5,7,10,16H,6H2,1-2H3/t10-/m0/s1. The molecule has 1 heterocycles. The maximum absolute atomic E-state index is 11.9. The number of aromatic nitrogens is 1. The first kappa shape index (κ1) is 13.8. The molecule has 0 aromatic carbocycles. The molecule has 0 bridgehead atoms. The Kier molecular flexibility index (Phi) is 4.34. The smallest absolute Gasteiger partial charge is 0.422 e. The van der Waals surface area contributed by atoms with Crippen LogP contribution in [0, 0.1) is 5.92 Å². The van der Waals surface area contributed by atoms with Gasteiger partial charge < -0.3 is 9.84 Å². The zero-order valence-corrected chi connectivity index (χ0v) is 9.53. The molecule has 17 heavy (non-hydrogen) atoms. The van der Waals surface area contributed by atoms with Crippen LogP contribution in [0.5, 0.6) is 5.88 Å². The quantitative estimate of drug-likeness (QED) is 0.892. The minimum Gasteiger partial charge on any atom is -0.468 e. The zero-order chi connectivity index (χ0) is 13.1. The molecule has 1 rings (SSSR count). The van der Waals surface area contributed by atoms with Gasteiger partial charge in [-0.15, -0.1) is 0 Å². The number of aliphatic hydroxyl groups is 1. The van der Waals surface area contributed by atoms with E-state index in [0.717, 1.165) is 0 Å². The third-order valence-electron chi connectivity index (χ3n) is 2.12. The summed E-state index contributed by atoms with van der Waals surface area (Å²) >= 11 is 0. The van der Waals surface area contributed by atoms with Crippen LogP contribution in [0.2, 0.25) is 0 Å². The summed E-state index contributed by atoms with van der Waals surface area (Å²) in [5, 5.41) is 9.69. The molecule has 1 aromatic rings. The van der Waals surface area contributed by atoms with Gasteiger partial charge in [-0.05, 0) is 17.5 Å². The number of hydrogen-bond acceptors (Lipinski definition) is 3. The molecule has 0 saturated carbocycles. The Bertz CT molecular complexity index is 349.